The number of thiazole rings is 1. The molecule has 4 rings (SSSR count). The van der Waals surface area contributed by atoms with Crippen molar-refractivity contribution in [1.29, 1.82) is 0 Å². The van der Waals surface area contributed by atoms with Gasteiger partial charge >= 0.3 is 0 Å². The Kier molecular flexibility index (Phi) is 4.28. The van der Waals surface area contributed by atoms with E-state index in [1.54, 1.807) is 0 Å². The lowest BCUT2D eigenvalue weighted by Gasteiger charge is -2.18. The number of carbonyl (C=O) groups excluding carboxylic acids is 1. The van der Waals surface area contributed by atoms with Crippen LogP contribution in [0.4, 0.5) is 0 Å². The van der Waals surface area contributed by atoms with Gasteiger partial charge in [-0.3, -0.25) is 4.79 Å². The Labute approximate surface area is 155 Å². The fourth-order valence-electron chi connectivity index (χ4n) is 3.01. The summed E-state index contributed by atoms with van der Waals surface area (Å²) >= 11 is 1.48. The second kappa shape index (κ2) is 6.61. The molecule has 0 saturated carbocycles. The molecule has 0 spiro atoms. The van der Waals surface area contributed by atoms with Gasteiger partial charge in [0.2, 0.25) is 0 Å². The molecule has 2 aromatic carbocycles. The minimum atomic E-state index is -0.146. The Morgan fingerprint density at radius 2 is 1.85 bits per heavy atom. The summed E-state index contributed by atoms with van der Waals surface area (Å²) in [6, 6.07) is 10.00. The molecular formula is C20H20N2O3S. The molecule has 0 atom stereocenters. The van der Waals surface area contributed by atoms with E-state index in [9.17, 15) is 4.79 Å². The normalized spacial score (nSPS) is 14.0. The molecule has 1 aromatic heterocycles. The molecule has 134 valence electrons. The second-order valence-electron chi connectivity index (χ2n) is 6.51. The maximum Gasteiger partial charge on any atom is 0.252 e. The van der Waals surface area contributed by atoms with Gasteiger partial charge < -0.3 is 14.0 Å². The number of ether oxygens (including phenoxy) is 2. The van der Waals surface area contributed by atoms with Gasteiger partial charge in [0.25, 0.3) is 5.91 Å². The number of nitrogens with zero attached hydrogens (tertiary/aromatic N) is 2. The van der Waals surface area contributed by atoms with Crippen molar-refractivity contribution in [2.75, 3.05) is 13.2 Å². The van der Waals surface area contributed by atoms with Crippen LogP contribution >= 0.6 is 11.3 Å². The Bertz CT molecular complexity index is 1080. The van der Waals surface area contributed by atoms with Crippen LogP contribution in [-0.2, 0) is 18.3 Å². The van der Waals surface area contributed by atoms with Gasteiger partial charge in [0.15, 0.2) is 16.3 Å². The topological polar surface area (TPSA) is 52.8 Å². The first-order valence-electron chi connectivity index (χ1n) is 8.54. The average Bonchev–Trinajstić information content (AvgIpc) is 2.91. The number of amides is 1. The fourth-order valence-corrected chi connectivity index (χ4v) is 4.05. The van der Waals surface area contributed by atoms with Crippen molar-refractivity contribution in [2.45, 2.75) is 20.3 Å². The summed E-state index contributed by atoms with van der Waals surface area (Å²) in [5.74, 6) is 1.34. The van der Waals surface area contributed by atoms with E-state index >= 15 is 0 Å². The molecule has 0 bridgehead atoms. The van der Waals surface area contributed by atoms with E-state index in [0.29, 0.717) is 24.4 Å². The van der Waals surface area contributed by atoms with Crippen molar-refractivity contribution >= 4 is 27.5 Å². The lowest BCUT2D eigenvalue weighted by Crippen LogP contribution is -2.16. The van der Waals surface area contributed by atoms with Gasteiger partial charge in [0.05, 0.1) is 16.6 Å². The second-order valence-corrected chi connectivity index (χ2v) is 7.52. The van der Waals surface area contributed by atoms with E-state index in [0.717, 1.165) is 27.3 Å². The van der Waals surface area contributed by atoms with Crippen molar-refractivity contribution in [3.63, 3.8) is 0 Å². The number of fused-ring (bicyclic) bond motifs is 2. The van der Waals surface area contributed by atoms with Gasteiger partial charge in [-0.15, -0.1) is 0 Å². The Hall–Kier alpha value is -2.60. The third-order valence-corrected chi connectivity index (χ3v) is 5.71. The monoisotopic (exact) mass is 368 g/mol. The van der Waals surface area contributed by atoms with Gasteiger partial charge in [0, 0.05) is 19.2 Å². The molecule has 3 aromatic rings. The summed E-state index contributed by atoms with van der Waals surface area (Å²) in [5, 5.41) is 0. The lowest BCUT2D eigenvalue weighted by atomic mass is 10.0. The largest absolute Gasteiger partial charge is 0.486 e. The van der Waals surface area contributed by atoms with Crippen LogP contribution < -0.4 is 14.3 Å². The van der Waals surface area contributed by atoms with Crippen LogP contribution in [0, 0.1) is 13.8 Å². The SMILES string of the molecule is Cc1ccc(CC(=O)N=c2sc3cc4c(cc3n2C)OCCO4)cc1C. The number of benzene rings is 2. The molecule has 0 fully saturated rings. The molecule has 26 heavy (non-hydrogen) atoms. The number of aryl methyl sites for hydroxylation is 3. The van der Waals surface area contributed by atoms with Crippen molar-refractivity contribution < 1.29 is 14.3 Å². The van der Waals surface area contributed by atoms with E-state index < -0.39 is 0 Å². The number of hydrogen-bond acceptors (Lipinski definition) is 4. The number of rotatable bonds is 2. The van der Waals surface area contributed by atoms with Gasteiger partial charge in [-0.2, -0.15) is 4.99 Å². The van der Waals surface area contributed by atoms with Gasteiger partial charge in [-0.25, -0.2) is 0 Å². The van der Waals surface area contributed by atoms with E-state index in [4.69, 9.17) is 9.47 Å². The maximum absolute atomic E-state index is 12.4. The molecule has 6 heteroatoms. The predicted molar refractivity (Wildman–Crippen MR) is 102 cm³/mol. The summed E-state index contributed by atoms with van der Waals surface area (Å²) in [6.45, 7) is 5.23. The van der Waals surface area contributed by atoms with Crippen molar-refractivity contribution in [2.24, 2.45) is 12.0 Å². The summed E-state index contributed by atoms with van der Waals surface area (Å²) in [5.41, 5.74) is 4.38. The zero-order valence-electron chi connectivity index (χ0n) is 15.0. The first-order chi connectivity index (χ1) is 12.5. The minimum Gasteiger partial charge on any atom is -0.486 e. The summed E-state index contributed by atoms with van der Waals surface area (Å²) in [7, 11) is 1.91. The maximum atomic E-state index is 12.4. The fraction of sp³-hybridized carbons (Fsp3) is 0.300. The van der Waals surface area contributed by atoms with E-state index in [-0.39, 0.29) is 5.91 Å². The number of hydrogen-bond donors (Lipinski definition) is 0. The molecule has 0 unspecified atom stereocenters. The zero-order chi connectivity index (χ0) is 18.3. The van der Waals surface area contributed by atoms with Crippen LogP contribution in [0.1, 0.15) is 16.7 Å². The van der Waals surface area contributed by atoms with Crippen LogP contribution in [0.3, 0.4) is 0 Å². The van der Waals surface area contributed by atoms with Gasteiger partial charge in [-0.1, -0.05) is 29.5 Å². The molecule has 1 aliphatic rings. The standard InChI is InChI=1S/C20H20N2O3S/c1-12-4-5-14(8-13(12)2)9-19(23)21-20-22(3)15-10-16-17(11-18(15)26-20)25-7-6-24-16/h4-5,8,10-11H,6-7,9H2,1-3H3. The molecule has 1 aliphatic heterocycles. The Balaban J connectivity index is 1.67. The number of carbonyl (C=O) groups is 1. The van der Waals surface area contributed by atoms with Crippen molar-refractivity contribution in [1.82, 2.24) is 4.57 Å². The Morgan fingerprint density at radius 3 is 2.58 bits per heavy atom. The van der Waals surface area contributed by atoms with Crippen LogP contribution in [0.2, 0.25) is 0 Å². The molecule has 2 heterocycles. The van der Waals surface area contributed by atoms with Crippen molar-refractivity contribution in [3.8, 4) is 11.5 Å². The summed E-state index contributed by atoms with van der Waals surface area (Å²) in [6.07, 6.45) is 0.304. The van der Waals surface area contributed by atoms with Gasteiger partial charge in [0.1, 0.15) is 13.2 Å². The van der Waals surface area contributed by atoms with Crippen molar-refractivity contribution in [3.05, 3.63) is 51.8 Å². The molecule has 0 radical (unpaired) electrons. The molecule has 1 amide bonds. The molecule has 0 aliphatic carbocycles. The molecule has 0 N–H and O–H groups in total. The molecular weight excluding hydrogens is 348 g/mol. The summed E-state index contributed by atoms with van der Waals surface area (Å²) in [4.78, 5) is 17.4. The first-order valence-corrected chi connectivity index (χ1v) is 9.36. The quantitative estimate of drug-likeness (QED) is 0.697. The highest BCUT2D eigenvalue weighted by atomic mass is 32.1. The highest BCUT2D eigenvalue weighted by Gasteiger charge is 2.15. The van der Waals surface area contributed by atoms with Crippen LogP contribution in [-0.4, -0.2) is 23.7 Å². The zero-order valence-corrected chi connectivity index (χ0v) is 15.9. The van der Waals surface area contributed by atoms with E-state index in [2.05, 4.69) is 24.9 Å². The van der Waals surface area contributed by atoms with Crippen LogP contribution in [0.5, 0.6) is 11.5 Å². The average molecular weight is 368 g/mol. The first kappa shape index (κ1) is 16.8. The highest BCUT2D eigenvalue weighted by Crippen LogP contribution is 2.35. The Morgan fingerprint density at radius 1 is 1.12 bits per heavy atom. The van der Waals surface area contributed by atoms with Crippen LogP contribution in [0.25, 0.3) is 10.2 Å². The van der Waals surface area contributed by atoms with E-state index in [1.807, 2.05) is 35.9 Å². The van der Waals surface area contributed by atoms with Crippen LogP contribution in [0.15, 0.2) is 35.3 Å². The van der Waals surface area contributed by atoms with E-state index in [1.165, 1.54) is 22.5 Å². The minimum absolute atomic E-state index is 0.146. The highest BCUT2D eigenvalue weighted by molar-refractivity contribution is 7.16. The molecule has 5 nitrogen and oxygen atoms in total. The van der Waals surface area contributed by atoms with Gasteiger partial charge in [-0.05, 0) is 30.5 Å². The number of aromatic nitrogens is 1. The summed E-state index contributed by atoms with van der Waals surface area (Å²) < 4.78 is 14.2. The third-order valence-electron chi connectivity index (χ3n) is 4.62. The third kappa shape index (κ3) is 3.12. The predicted octanol–water partition coefficient (Wildman–Crippen LogP) is 3.30. The lowest BCUT2D eigenvalue weighted by molar-refractivity contribution is -0.117. The smallest absolute Gasteiger partial charge is 0.252 e. The molecule has 0 saturated heterocycles.